The van der Waals surface area contributed by atoms with Crippen molar-refractivity contribution in [3.8, 4) is 11.3 Å². The quantitative estimate of drug-likeness (QED) is 0.886. The number of aliphatic hydroxyl groups excluding tert-OH is 1. The monoisotopic (exact) mass is 327 g/mol. The summed E-state index contributed by atoms with van der Waals surface area (Å²) in [5, 5.41) is 12.2. The number of aromatic nitrogens is 2. The molecule has 0 fully saturated rings. The van der Waals surface area contributed by atoms with E-state index in [0.717, 1.165) is 29.7 Å². The van der Waals surface area contributed by atoms with E-state index in [1.54, 1.807) is 4.57 Å². The molecule has 0 bridgehead atoms. The van der Waals surface area contributed by atoms with Gasteiger partial charge in [0.1, 0.15) is 0 Å². The zero-order valence-electron chi connectivity index (χ0n) is 14.6. The van der Waals surface area contributed by atoms with E-state index in [0.29, 0.717) is 19.0 Å². The van der Waals surface area contributed by atoms with Gasteiger partial charge in [0, 0.05) is 24.1 Å². The number of nitrogens with one attached hydrogen (secondary N) is 1. The van der Waals surface area contributed by atoms with Gasteiger partial charge in [0.25, 0.3) is 5.56 Å². The number of anilines is 1. The SMILES string of the molecule is CCn1c(NCCO)nc2c(c1=O)[C@@](C)(CC)Cc1ccccc1-2. The predicted octanol–water partition coefficient (Wildman–Crippen LogP) is 2.56. The molecule has 1 aliphatic carbocycles. The molecule has 1 aromatic heterocycles. The summed E-state index contributed by atoms with van der Waals surface area (Å²) in [6.07, 6.45) is 1.75. The lowest BCUT2D eigenvalue weighted by atomic mass is 9.69. The van der Waals surface area contributed by atoms with Crippen LogP contribution in [0.25, 0.3) is 11.3 Å². The lowest BCUT2D eigenvalue weighted by Crippen LogP contribution is -2.40. The largest absolute Gasteiger partial charge is 0.395 e. The molecule has 0 saturated carbocycles. The van der Waals surface area contributed by atoms with Crippen LogP contribution < -0.4 is 10.9 Å². The van der Waals surface area contributed by atoms with E-state index < -0.39 is 0 Å². The minimum Gasteiger partial charge on any atom is -0.395 e. The van der Waals surface area contributed by atoms with Crippen molar-refractivity contribution in [2.45, 2.75) is 45.6 Å². The number of hydrogen-bond donors (Lipinski definition) is 2. The maximum absolute atomic E-state index is 13.2. The van der Waals surface area contributed by atoms with Gasteiger partial charge in [-0.2, -0.15) is 0 Å². The number of benzene rings is 1. The summed E-state index contributed by atoms with van der Waals surface area (Å²) in [5.41, 5.74) is 3.72. The van der Waals surface area contributed by atoms with Crippen LogP contribution >= 0.6 is 0 Å². The van der Waals surface area contributed by atoms with Gasteiger partial charge in [-0.15, -0.1) is 0 Å². The molecular weight excluding hydrogens is 302 g/mol. The van der Waals surface area contributed by atoms with Gasteiger partial charge in [0.05, 0.1) is 17.9 Å². The van der Waals surface area contributed by atoms with Crippen LogP contribution in [0.1, 0.15) is 38.3 Å². The van der Waals surface area contributed by atoms with E-state index >= 15 is 0 Å². The molecule has 0 aliphatic heterocycles. The number of rotatable bonds is 5. The topological polar surface area (TPSA) is 67.2 Å². The van der Waals surface area contributed by atoms with Crippen LogP contribution in [0, 0.1) is 0 Å². The molecule has 0 radical (unpaired) electrons. The van der Waals surface area contributed by atoms with Gasteiger partial charge in [0.2, 0.25) is 5.95 Å². The van der Waals surface area contributed by atoms with Crippen molar-refractivity contribution in [3.05, 3.63) is 45.7 Å². The molecular formula is C19H25N3O2. The Labute approximate surface area is 142 Å². The molecule has 128 valence electrons. The first-order valence-electron chi connectivity index (χ1n) is 8.64. The van der Waals surface area contributed by atoms with Gasteiger partial charge in [-0.05, 0) is 25.3 Å². The Morgan fingerprint density at radius 3 is 2.75 bits per heavy atom. The summed E-state index contributed by atoms with van der Waals surface area (Å²) in [5.74, 6) is 0.533. The van der Waals surface area contributed by atoms with Crippen LogP contribution in [0.15, 0.2) is 29.1 Å². The maximum atomic E-state index is 13.2. The van der Waals surface area contributed by atoms with Crippen molar-refractivity contribution in [2.75, 3.05) is 18.5 Å². The third-order valence-electron chi connectivity index (χ3n) is 5.12. The van der Waals surface area contributed by atoms with Gasteiger partial charge in [0.15, 0.2) is 0 Å². The number of hydrogen-bond acceptors (Lipinski definition) is 4. The van der Waals surface area contributed by atoms with Crippen LogP contribution in [0.5, 0.6) is 0 Å². The molecule has 2 N–H and O–H groups in total. The highest BCUT2D eigenvalue weighted by molar-refractivity contribution is 5.72. The molecule has 1 aliphatic rings. The van der Waals surface area contributed by atoms with E-state index in [4.69, 9.17) is 10.1 Å². The summed E-state index contributed by atoms with van der Waals surface area (Å²) in [7, 11) is 0. The molecule has 0 unspecified atom stereocenters. The fourth-order valence-electron chi connectivity index (χ4n) is 3.61. The Morgan fingerprint density at radius 1 is 1.33 bits per heavy atom. The second-order valence-corrected chi connectivity index (χ2v) is 6.61. The Balaban J connectivity index is 2.32. The summed E-state index contributed by atoms with van der Waals surface area (Å²) in [6.45, 7) is 7.16. The van der Waals surface area contributed by atoms with Crippen molar-refractivity contribution in [1.29, 1.82) is 0 Å². The Kier molecular flexibility index (Phi) is 4.45. The van der Waals surface area contributed by atoms with Crippen molar-refractivity contribution in [2.24, 2.45) is 0 Å². The van der Waals surface area contributed by atoms with E-state index in [2.05, 4.69) is 25.2 Å². The van der Waals surface area contributed by atoms with Crippen molar-refractivity contribution in [1.82, 2.24) is 9.55 Å². The molecule has 3 rings (SSSR count). The number of fused-ring (bicyclic) bond motifs is 3. The van der Waals surface area contributed by atoms with E-state index in [9.17, 15) is 4.79 Å². The average Bonchev–Trinajstić information content (AvgIpc) is 2.59. The highest BCUT2D eigenvalue weighted by atomic mass is 16.3. The Morgan fingerprint density at radius 2 is 2.08 bits per heavy atom. The minimum atomic E-state index is -0.208. The first kappa shape index (κ1) is 16.7. The van der Waals surface area contributed by atoms with Gasteiger partial charge >= 0.3 is 0 Å². The fourth-order valence-corrected chi connectivity index (χ4v) is 3.61. The molecule has 24 heavy (non-hydrogen) atoms. The molecule has 1 atom stereocenters. The highest BCUT2D eigenvalue weighted by Gasteiger charge is 2.38. The summed E-state index contributed by atoms with van der Waals surface area (Å²) < 4.78 is 1.68. The molecule has 1 aromatic carbocycles. The average molecular weight is 327 g/mol. The van der Waals surface area contributed by atoms with Gasteiger partial charge in [-0.1, -0.05) is 38.1 Å². The smallest absolute Gasteiger partial charge is 0.259 e. The molecule has 0 amide bonds. The van der Waals surface area contributed by atoms with Crippen molar-refractivity contribution >= 4 is 5.95 Å². The molecule has 0 saturated heterocycles. The van der Waals surface area contributed by atoms with E-state index in [-0.39, 0.29) is 17.6 Å². The standard InChI is InChI=1S/C19H25N3O2/c1-4-19(3)12-13-8-6-7-9-14(13)16-15(19)17(24)22(5-2)18(21-16)20-10-11-23/h6-9,23H,4-5,10-12H2,1-3H3,(H,20,21)/t19-/m0/s1. The number of nitrogens with zero attached hydrogens (tertiary/aromatic N) is 2. The second kappa shape index (κ2) is 6.40. The van der Waals surface area contributed by atoms with Crippen LogP contribution in [-0.2, 0) is 18.4 Å². The van der Waals surface area contributed by atoms with Crippen molar-refractivity contribution < 1.29 is 5.11 Å². The minimum absolute atomic E-state index is 0.0000677. The molecule has 0 spiro atoms. The lowest BCUT2D eigenvalue weighted by Gasteiger charge is -2.35. The lowest BCUT2D eigenvalue weighted by molar-refractivity contribution is 0.310. The first-order chi connectivity index (χ1) is 11.6. The van der Waals surface area contributed by atoms with Crippen LogP contribution in [0.3, 0.4) is 0 Å². The molecule has 2 aromatic rings. The van der Waals surface area contributed by atoms with E-state index in [1.807, 2.05) is 25.1 Å². The third kappa shape index (κ3) is 2.53. The zero-order valence-corrected chi connectivity index (χ0v) is 14.6. The second-order valence-electron chi connectivity index (χ2n) is 6.61. The van der Waals surface area contributed by atoms with E-state index in [1.165, 1.54) is 5.56 Å². The van der Waals surface area contributed by atoms with Gasteiger partial charge in [-0.3, -0.25) is 9.36 Å². The summed E-state index contributed by atoms with van der Waals surface area (Å²) in [6, 6.07) is 8.20. The maximum Gasteiger partial charge on any atom is 0.259 e. The van der Waals surface area contributed by atoms with Crippen LogP contribution in [0.2, 0.25) is 0 Å². The predicted molar refractivity (Wildman–Crippen MR) is 96.5 cm³/mol. The van der Waals surface area contributed by atoms with Crippen molar-refractivity contribution in [3.63, 3.8) is 0 Å². The van der Waals surface area contributed by atoms with Gasteiger partial charge in [-0.25, -0.2) is 4.98 Å². The first-order valence-corrected chi connectivity index (χ1v) is 8.64. The van der Waals surface area contributed by atoms with Crippen LogP contribution in [0.4, 0.5) is 5.95 Å². The van der Waals surface area contributed by atoms with Crippen LogP contribution in [-0.4, -0.2) is 27.8 Å². The summed E-state index contributed by atoms with van der Waals surface area (Å²) in [4.78, 5) is 18.0. The Hall–Kier alpha value is -2.14. The third-order valence-corrected chi connectivity index (χ3v) is 5.12. The summed E-state index contributed by atoms with van der Waals surface area (Å²) >= 11 is 0. The highest BCUT2D eigenvalue weighted by Crippen LogP contribution is 2.42. The molecule has 1 heterocycles. The molecule has 5 nitrogen and oxygen atoms in total. The Bertz CT molecular complexity index is 813. The number of aliphatic hydroxyl groups is 1. The fraction of sp³-hybridized carbons (Fsp3) is 0.474. The molecule has 5 heteroatoms. The van der Waals surface area contributed by atoms with Gasteiger partial charge < -0.3 is 10.4 Å². The zero-order chi connectivity index (χ0) is 17.3. The normalized spacial score (nSPS) is 18.8.